The van der Waals surface area contributed by atoms with Crippen LogP contribution in [-0.4, -0.2) is 64.3 Å². The molecule has 2 aliphatic rings. The van der Waals surface area contributed by atoms with E-state index in [1.54, 1.807) is 0 Å². The van der Waals surface area contributed by atoms with Crippen LogP contribution in [0.15, 0.2) is 6.33 Å². The van der Waals surface area contributed by atoms with Crippen LogP contribution in [0, 0.1) is 5.41 Å². The Morgan fingerprint density at radius 3 is 2.48 bits per heavy atom. The Morgan fingerprint density at radius 2 is 1.85 bits per heavy atom. The van der Waals surface area contributed by atoms with Gasteiger partial charge in [0, 0.05) is 32.8 Å². The summed E-state index contributed by atoms with van der Waals surface area (Å²) in [6.07, 6.45) is 7.11. The Kier molecular flexibility index (Phi) is 8.00. The number of amides is 2. The standard InChI is InChI=1S/C17H28N6O3.ClH/c18-12-17(5-9-26-10-6-17)15(25)20-16-19-13-23(21-16)11-14(24)22-7-3-1-2-4-8-22;/h13H,1-12,18H2,(H,20,21,25);1H. The second kappa shape index (κ2) is 10.0. The van der Waals surface area contributed by atoms with E-state index in [4.69, 9.17) is 10.5 Å². The quantitative estimate of drug-likeness (QED) is 0.755. The molecule has 0 atom stereocenters. The first kappa shape index (κ1) is 21.6. The summed E-state index contributed by atoms with van der Waals surface area (Å²) in [6.45, 7) is 3.05. The molecule has 1 aromatic heterocycles. The van der Waals surface area contributed by atoms with Crippen LogP contribution in [-0.2, 0) is 20.9 Å². The molecule has 1 aromatic rings. The predicted octanol–water partition coefficient (Wildman–Crippen LogP) is 0.796. The van der Waals surface area contributed by atoms with Crippen LogP contribution in [0.25, 0.3) is 0 Å². The average Bonchev–Trinajstić information content (AvgIpc) is 2.92. The Morgan fingerprint density at radius 1 is 1.19 bits per heavy atom. The summed E-state index contributed by atoms with van der Waals surface area (Å²) in [7, 11) is 0. The van der Waals surface area contributed by atoms with Crippen LogP contribution in [0.2, 0.25) is 0 Å². The minimum absolute atomic E-state index is 0. The maximum atomic E-state index is 12.6. The minimum Gasteiger partial charge on any atom is -0.381 e. The molecule has 2 amide bonds. The maximum absolute atomic E-state index is 12.6. The van der Waals surface area contributed by atoms with Gasteiger partial charge in [0.05, 0.1) is 5.41 Å². The van der Waals surface area contributed by atoms with E-state index in [0.29, 0.717) is 26.1 Å². The van der Waals surface area contributed by atoms with Crippen molar-refractivity contribution in [3.8, 4) is 0 Å². The molecule has 2 aliphatic heterocycles. The number of halogens is 1. The summed E-state index contributed by atoms with van der Waals surface area (Å²) in [5.41, 5.74) is 5.21. The number of aromatic nitrogens is 3. The number of anilines is 1. The van der Waals surface area contributed by atoms with Crippen molar-refractivity contribution in [1.82, 2.24) is 19.7 Å². The molecule has 0 bridgehead atoms. The normalized spacial score (nSPS) is 19.7. The largest absolute Gasteiger partial charge is 0.381 e. The molecular formula is C17H29ClN6O3. The van der Waals surface area contributed by atoms with Crippen LogP contribution >= 0.6 is 12.4 Å². The molecule has 3 rings (SSSR count). The monoisotopic (exact) mass is 400 g/mol. The van der Waals surface area contributed by atoms with Gasteiger partial charge in [-0.2, -0.15) is 0 Å². The Labute approximate surface area is 165 Å². The van der Waals surface area contributed by atoms with Crippen molar-refractivity contribution in [2.75, 3.05) is 38.2 Å². The summed E-state index contributed by atoms with van der Waals surface area (Å²) in [5, 5.41) is 6.97. The molecule has 0 spiro atoms. The number of hydrogen-bond acceptors (Lipinski definition) is 6. The van der Waals surface area contributed by atoms with Gasteiger partial charge in [-0.15, -0.1) is 17.5 Å². The van der Waals surface area contributed by atoms with Gasteiger partial charge in [-0.25, -0.2) is 9.67 Å². The maximum Gasteiger partial charge on any atom is 0.248 e. The van der Waals surface area contributed by atoms with Crippen molar-refractivity contribution in [2.24, 2.45) is 11.1 Å². The van der Waals surface area contributed by atoms with Gasteiger partial charge in [-0.05, 0) is 25.7 Å². The third-order valence-corrected chi connectivity index (χ3v) is 5.34. The number of likely N-dealkylation sites (tertiary alicyclic amines) is 1. The molecule has 2 saturated heterocycles. The van der Waals surface area contributed by atoms with E-state index >= 15 is 0 Å². The highest BCUT2D eigenvalue weighted by Gasteiger charge is 2.39. The number of nitrogens with zero attached hydrogens (tertiary/aromatic N) is 4. The number of nitrogens with one attached hydrogen (secondary N) is 1. The summed E-state index contributed by atoms with van der Waals surface area (Å²) in [4.78, 5) is 31.0. The summed E-state index contributed by atoms with van der Waals surface area (Å²) >= 11 is 0. The molecule has 3 heterocycles. The first-order valence-corrected chi connectivity index (χ1v) is 9.39. The van der Waals surface area contributed by atoms with Crippen molar-refractivity contribution in [3.63, 3.8) is 0 Å². The lowest BCUT2D eigenvalue weighted by molar-refractivity contribution is -0.132. The van der Waals surface area contributed by atoms with E-state index in [-0.39, 0.29) is 43.3 Å². The smallest absolute Gasteiger partial charge is 0.248 e. The first-order chi connectivity index (χ1) is 12.6. The van der Waals surface area contributed by atoms with Gasteiger partial charge in [0.15, 0.2) is 0 Å². The van der Waals surface area contributed by atoms with Gasteiger partial charge < -0.3 is 15.4 Å². The van der Waals surface area contributed by atoms with Crippen molar-refractivity contribution >= 4 is 30.2 Å². The topological polar surface area (TPSA) is 115 Å². The molecule has 0 aliphatic carbocycles. The van der Waals surface area contributed by atoms with Gasteiger partial charge >= 0.3 is 0 Å². The first-order valence-electron chi connectivity index (χ1n) is 9.39. The zero-order valence-electron chi connectivity index (χ0n) is 15.6. The predicted molar refractivity (Wildman–Crippen MR) is 102 cm³/mol. The molecule has 27 heavy (non-hydrogen) atoms. The summed E-state index contributed by atoms with van der Waals surface area (Å²) in [6, 6.07) is 0. The highest BCUT2D eigenvalue weighted by atomic mass is 35.5. The molecule has 10 heteroatoms. The molecule has 0 radical (unpaired) electrons. The Balaban J connectivity index is 0.00000261. The molecule has 2 fully saturated rings. The third kappa shape index (κ3) is 5.40. The molecule has 9 nitrogen and oxygen atoms in total. The van der Waals surface area contributed by atoms with Gasteiger partial charge in [-0.3, -0.25) is 14.9 Å². The van der Waals surface area contributed by atoms with Gasteiger partial charge in [0.2, 0.25) is 17.8 Å². The highest BCUT2D eigenvalue weighted by Crippen LogP contribution is 2.30. The van der Waals surface area contributed by atoms with E-state index in [9.17, 15) is 9.59 Å². The van der Waals surface area contributed by atoms with Crippen LogP contribution in [0.3, 0.4) is 0 Å². The summed E-state index contributed by atoms with van der Waals surface area (Å²) in [5.74, 6) is 0.0652. The van der Waals surface area contributed by atoms with Crippen LogP contribution in [0.5, 0.6) is 0 Å². The minimum atomic E-state index is -0.633. The number of rotatable bonds is 5. The summed E-state index contributed by atoms with van der Waals surface area (Å²) < 4.78 is 6.80. The second-order valence-corrected chi connectivity index (χ2v) is 7.11. The van der Waals surface area contributed by atoms with Crippen molar-refractivity contribution < 1.29 is 14.3 Å². The number of carbonyl (C=O) groups excluding carboxylic acids is 2. The Bertz CT molecular complexity index is 624. The molecule has 0 aromatic carbocycles. The van der Waals surface area contributed by atoms with Crippen molar-refractivity contribution in [1.29, 1.82) is 0 Å². The lowest BCUT2D eigenvalue weighted by Crippen LogP contribution is -2.46. The van der Waals surface area contributed by atoms with Crippen LogP contribution in [0.4, 0.5) is 5.95 Å². The lowest BCUT2D eigenvalue weighted by atomic mass is 9.79. The molecular weight excluding hydrogens is 372 g/mol. The average molecular weight is 401 g/mol. The lowest BCUT2D eigenvalue weighted by Gasteiger charge is -2.33. The second-order valence-electron chi connectivity index (χ2n) is 7.11. The number of ether oxygens (including phenoxy) is 1. The van der Waals surface area contributed by atoms with E-state index in [1.165, 1.54) is 23.9 Å². The molecule has 0 saturated carbocycles. The fraction of sp³-hybridized carbons (Fsp3) is 0.765. The fourth-order valence-electron chi connectivity index (χ4n) is 3.51. The third-order valence-electron chi connectivity index (χ3n) is 5.34. The van der Waals surface area contributed by atoms with Gasteiger partial charge in [0.1, 0.15) is 12.9 Å². The van der Waals surface area contributed by atoms with Crippen LogP contribution in [0.1, 0.15) is 38.5 Å². The van der Waals surface area contributed by atoms with Gasteiger partial charge in [0.25, 0.3) is 0 Å². The zero-order chi connectivity index (χ0) is 18.4. The van der Waals surface area contributed by atoms with Gasteiger partial charge in [-0.1, -0.05) is 12.8 Å². The van der Waals surface area contributed by atoms with Crippen molar-refractivity contribution in [2.45, 2.75) is 45.1 Å². The van der Waals surface area contributed by atoms with Crippen molar-refractivity contribution in [3.05, 3.63) is 6.33 Å². The fourth-order valence-corrected chi connectivity index (χ4v) is 3.51. The van der Waals surface area contributed by atoms with E-state index in [1.807, 2.05) is 4.90 Å². The van der Waals surface area contributed by atoms with E-state index in [0.717, 1.165) is 25.9 Å². The number of hydrogen-bond donors (Lipinski definition) is 2. The number of carbonyl (C=O) groups is 2. The molecule has 152 valence electrons. The SMILES string of the molecule is Cl.NCC1(C(=O)Nc2ncn(CC(=O)N3CCCCCC3)n2)CCOCC1. The van der Waals surface area contributed by atoms with E-state index < -0.39 is 5.41 Å². The molecule has 0 unspecified atom stereocenters. The van der Waals surface area contributed by atoms with E-state index in [2.05, 4.69) is 15.4 Å². The Hall–Kier alpha value is -1.71. The number of nitrogens with two attached hydrogens (primary N) is 1. The zero-order valence-corrected chi connectivity index (χ0v) is 16.4. The van der Waals surface area contributed by atoms with Crippen LogP contribution < -0.4 is 11.1 Å². The highest BCUT2D eigenvalue weighted by molar-refractivity contribution is 5.94. The molecule has 3 N–H and O–H groups in total.